The van der Waals surface area contributed by atoms with Gasteiger partial charge in [0.1, 0.15) is 0 Å². The van der Waals surface area contributed by atoms with Gasteiger partial charge in [-0.25, -0.2) is 4.98 Å². The Morgan fingerprint density at radius 3 is 2.54 bits per heavy atom. The van der Waals surface area contributed by atoms with Crippen LogP contribution in [0.2, 0.25) is 0 Å². The van der Waals surface area contributed by atoms with Crippen LogP contribution in [0.15, 0.2) is 6.20 Å². The number of nitrogens with zero attached hydrogens (tertiary/aromatic N) is 2. The Balaban J connectivity index is 3.14. The van der Waals surface area contributed by atoms with Gasteiger partial charge in [0.25, 0.3) is 0 Å². The molecule has 0 N–H and O–H groups in total. The van der Waals surface area contributed by atoms with E-state index in [1.165, 1.54) is 0 Å². The lowest BCUT2D eigenvalue weighted by atomic mass is 10.5. The minimum absolute atomic E-state index is 0.199. The van der Waals surface area contributed by atoms with Crippen molar-refractivity contribution in [1.29, 1.82) is 0 Å². The van der Waals surface area contributed by atoms with E-state index in [1.807, 2.05) is 0 Å². The standard InChI is InChI=1S/C7H7F3N2O/c1-2-12-3-5(7(8,9)10)11-6(12)4-13/h3-4H,2H2,1H3. The Hall–Kier alpha value is -1.33. The highest BCUT2D eigenvalue weighted by molar-refractivity contribution is 5.69. The summed E-state index contributed by atoms with van der Waals surface area (Å²) in [6.07, 6.45) is -3.36. The van der Waals surface area contributed by atoms with E-state index < -0.39 is 11.9 Å². The Morgan fingerprint density at radius 2 is 2.23 bits per heavy atom. The van der Waals surface area contributed by atoms with E-state index in [0.717, 1.165) is 10.8 Å². The van der Waals surface area contributed by atoms with E-state index in [1.54, 1.807) is 6.92 Å². The molecule has 1 aromatic rings. The normalized spacial score (nSPS) is 11.7. The average molecular weight is 192 g/mol. The number of imidazole rings is 1. The summed E-state index contributed by atoms with van der Waals surface area (Å²) in [5.74, 6) is -0.199. The number of hydrogen-bond acceptors (Lipinski definition) is 2. The molecule has 1 aromatic heterocycles. The van der Waals surface area contributed by atoms with Gasteiger partial charge in [-0.2, -0.15) is 13.2 Å². The highest BCUT2D eigenvalue weighted by Crippen LogP contribution is 2.27. The predicted molar refractivity (Wildman–Crippen MR) is 38.3 cm³/mol. The first kappa shape index (κ1) is 9.76. The molecule has 0 fully saturated rings. The second kappa shape index (κ2) is 3.20. The summed E-state index contributed by atoms with van der Waals surface area (Å²) in [6, 6.07) is 0. The van der Waals surface area contributed by atoms with Crippen LogP contribution in [0.1, 0.15) is 23.2 Å². The van der Waals surface area contributed by atoms with Crippen LogP contribution >= 0.6 is 0 Å². The van der Waals surface area contributed by atoms with E-state index in [2.05, 4.69) is 4.98 Å². The molecule has 0 unspecified atom stereocenters. The Labute approximate surface area is 72.2 Å². The molecule has 0 saturated heterocycles. The molecule has 0 aromatic carbocycles. The van der Waals surface area contributed by atoms with E-state index in [9.17, 15) is 18.0 Å². The van der Waals surface area contributed by atoms with Crippen LogP contribution in [0.3, 0.4) is 0 Å². The molecular weight excluding hydrogens is 185 g/mol. The predicted octanol–water partition coefficient (Wildman–Crippen LogP) is 1.73. The third-order valence-corrected chi connectivity index (χ3v) is 1.54. The van der Waals surface area contributed by atoms with Gasteiger partial charge >= 0.3 is 6.18 Å². The number of rotatable bonds is 2. The zero-order chi connectivity index (χ0) is 10.1. The number of carbonyl (C=O) groups is 1. The summed E-state index contributed by atoms with van der Waals surface area (Å²) in [5, 5.41) is 0. The van der Waals surface area contributed by atoms with Gasteiger partial charge in [0.15, 0.2) is 17.8 Å². The molecular formula is C7H7F3N2O. The Morgan fingerprint density at radius 1 is 1.62 bits per heavy atom. The van der Waals surface area contributed by atoms with Gasteiger partial charge in [-0.3, -0.25) is 4.79 Å². The second-order valence-electron chi connectivity index (χ2n) is 2.39. The molecule has 0 atom stereocenters. The smallest absolute Gasteiger partial charge is 0.328 e. The first-order chi connectivity index (χ1) is 5.99. The number of alkyl halides is 3. The number of halogens is 3. The summed E-state index contributed by atoms with van der Waals surface area (Å²) in [6.45, 7) is 1.92. The topological polar surface area (TPSA) is 34.9 Å². The molecule has 0 spiro atoms. The number of aromatic nitrogens is 2. The fourth-order valence-electron chi connectivity index (χ4n) is 0.914. The van der Waals surface area contributed by atoms with E-state index in [4.69, 9.17) is 0 Å². The second-order valence-corrected chi connectivity index (χ2v) is 2.39. The number of hydrogen-bond donors (Lipinski definition) is 0. The van der Waals surface area contributed by atoms with E-state index in [-0.39, 0.29) is 12.4 Å². The van der Waals surface area contributed by atoms with Gasteiger partial charge in [0.05, 0.1) is 0 Å². The number of carbonyl (C=O) groups excluding carboxylic acids is 1. The molecule has 0 amide bonds. The van der Waals surface area contributed by atoms with Gasteiger partial charge in [-0.05, 0) is 6.92 Å². The molecule has 0 bridgehead atoms. The van der Waals surface area contributed by atoms with Crippen LogP contribution in [-0.2, 0) is 12.7 Å². The third-order valence-electron chi connectivity index (χ3n) is 1.54. The quantitative estimate of drug-likeness (QED) is 0.669. The largest absolute Gasteiger partial charge is 0.434 e. The maximum absolute atomic E-state index is 12.1. The van der Waals surface area contributed by atoms with Crippen molar-refractivity contribution in [2.24, 2.45) is 0 Å². The first-order valence-corrected chi connectivity index (χ1v) is 3.58. The summed E-state index contributed by atoms with van der Waals surface area (Å²) < 4.78 is 37.3. The van der Waals surface area contributed by atoms with Gasteiger partial charge in [0.2, 0.25) is 0 Å². The van der Waals surface area contributed by atoms with Gasteiger partial charge < -0.3 is 4.57 Å². The lowest BCUT2D eigenvalue weighted by molar-refractivity contribution is -0.141. The molecule has 0 radical (unpaired) electrons. The van der Waals surface area contributed by atoms with E-state index in [0.29, 0.717) is 6.29 Å². The lowest BCUT2D eigenvalue weighted by Crippen LogP contribution is -2.05. The SMILES string of the molecule is CCn1cc(C(F)(F)F)nc1C=O. The lowest BCUT2D eigenvalue weighted by Gasteiger charge is -1.99. The van der Waals surface area contributed by atoms with Crippen molar-refractivity contribution in [3.05, 3.63) is 17.7 Å². The minimum atomic E-state index is -4.49. The summed E-state index contributed by atoms with van der Waals surface area (Å²) >= 11 is 0. The summed E-state index contributed by atoms with van der Waals surface area (Å²) in [4.78, 5) is 13.4. The highest BCUT2D eigenvalue weighted by Gasteiger charge is 2.34. The molecule has 13 heavy (non-hydrogen) atoms. The molecule has 0 saturated carbocycles. The zero-order valence-electron chi connectivity index (χ0n) is 6.80. The molecule has 1 rings (SSSR count). The fourth-order valence-corrected chi connectivity index (χ4v) is 0.914. The van der Waals surface area contributed by atoms with Crippen molar-refractivity contribution in [1.82, 2.24) is 9.55 Å². The average Bonchev–Trinajstić information content (AvgIpc) is 2.45. The molecule has 1 heterocycles. The van der Waals surface area contributed by atoms with Crippen molar-refractivity contribution >= 4 is 6.29 Å². The van der Waals surface area contributed by atoms with Gasteiger partial charge in [0, 0.05) is 12.7 Å². The van der Waals surface area contributed by atoms with Crippen molar-refractivity contribution in [3.63, 3.8) is 0 Å². The molecule has 0 aliphatic heterocycles. The van der Waals surface area contributed by atoms with Crippen LogP contribution in [-0.4, -0.2) is 15.8 Å². The Bertz CT molecular complexity index is 316. The molecule has 3 nitrogen and oxygen atoms in total. The van der Waals surface area contributed by atoms with Crippen LogP contribution in [0.5, 0.6) is 0 Å². The maximum Gasteiger partial charge on any atom is 0.434 e. The zero-order valence-corrected chi connectivity index (χ0v) is 6.80. The van der Waals surface area contributed by atoms with E-state index >= 15 is 0 Å². The van der Waals surface area contributed by atoms with Crippen LogP contribution in [0.25, 0.3) is 0 Å². The van der Waals surface area contributed by atoms with Crippen molar-refractivity contribution in [2.75, 3.05) is 0 Å². The fraction of sp³-hybridized carbons (Fsp3) is 0.429. The number of aldehydes is 1. The number of aryl methyl sites for hydroxylation is 1. The summed E-state index contributed by atoms with van der Waals surface area (Å²) in [5.41, 5.74) is -1.03. The monoisotopic (exact) mass is 192 g/mol. The van der Waals surface area contributed by atoms with Crippen LogP contribution in [0.4, 0.5) is 13.2 Å². The van der Waals surface area contributed by atoms with Crippen LogP contribution in [0, 0.1) is 0 Å². The van der Waals surface area contributed by atoms with Crippen LogP contribution < -0.4 is 0 Å². The molecule has 72 valence electrons. The minimum Gasteiger partial charge on any atom is -0.328 e. The van der Waals surface area contributed by atoms with Gasteiger partial charge in [-0.15, -0.1) is 0 Å². The third kappa shape index (κ3) is 1.88. The van der Waals surface area contributed by atoms with Crippen molar-refractivity contribution in [2.45, 2.75) is 19.6 Å². The molecule has 0 aliphatic carbocycles. The maximum atomic E-state index is 12.1. The Kier molecular flexibility index (Phi) is 2.40. The highest BCUT2D eigenvalue weighted by atomic mass is 19.4. The van der Waals surface area contributed by atoms with Gasteiger partial charge in [-0.1, -0.05) is 0 Å². The van der Waals surface area contributed by atoms with Crippen molar-refractivity contribution in [3.8, 4) is 0 Å². The molecule has 0 aliphatic rings. The molecule has 6 heteroatoms. The first-order valence-electron chi connectivity index (χ1n) is 3.58. The van der Waals surface area contributed by atoms with Crippen molar-refractivity contribution < 1.29 is 18.0 Å². The summed E-state index contributed by atoms with van der Waals surface area (Å²) in [7, 11) is 0.